The number of halogens is 1. The predicted molar refractivity (Wildman–Crippen MR) is 71.6 cm³/mol. The molecule has 0 spiro atoms. The first-order valence-electron chi connectivity index (χ1n) is 5.36. The number of ether oxygens (including phenoxy) is 2. The smallest absolute Gasteiger partial charge is 0.298 e. The highest BCUT2D eigenvalue weighted by Gasteiger charge is 2.03. The minimum absolute atomic E-state index is 0.395. The molecule has 0 fully saturated rings. The first-order chi connectivity index (χ1) is 8.79. The van der Waals surface area contributed by atoms with Crippen molar-refractivity contribution in [3.05, 3.63) is 58.6 Å². The maximum atomic E-state index is 10.2. The van der Waals surface area contributed by atoms with Crippen LogP contribution < -0.4 is 9.47 Å². The molecule has 0 aliphatic heterocycles. The van der Waals surface area contributed by atoms with Gasteiger partial charge in [0.1, 0.15) is 18.1 Å². The van der Waals surface area contributed by atoms with Crippen molar-refractivity contribution in [2.45, 2.75) is 6.61 Å². The summed E-state index contributed by atoms with van der Waals surface area (Å²) in [5.41, 5.74) is 1.10. The van der Waals surface area contributed by atoms with Gasteiger partial charge in [-0.05, 0) is 39.7 Å². The van der Waals surface area contributed by atoms with Crippen LogP contribution in [0.4, 0.5) is 0 Å². The molecule has 0 saturated carbocycles. The minimum Gasteiger partial charge on any atom is -0.488 e. The van der Waals surface area contributed by atoms with Gasteiger partial charge in [-0.3, -0.25) is 4.79 Å². The highest BCUT2D eigenvalue weighted by molar-refractivity contribution is 9.10. The van der Waals surface area contributed by atoms with Crippen molar-refractivity contribution in [3.63, 3.8) is 0 Å². The van der Waals surface area contributed by atoms with Crippen LogP contribution in [0.25, 0.3) is 0 Å². The van der Waals surface area contributed by atoms with Crippen LogP contribution in [0, 0.1) is 0 Å². The maximum Gasteiger partial charge on any atom is 0.298 e. The number of hydrogen-bond acceptors (Lipinski definition) is 3. The van der Waals surface area contributed by atoms with Crippen LogP contribution in [0.5, 0.6) is 11.5 Å². The Kier molecular flexibility index (Phi) is 4.36. The van der Waals surface area contributed by atoms with Gasteiger partial charge in [0.2, 0.25) is 0 Å². The molecular weight excluding hydrogens is 296 g/mol. The monoisotopic (exact) mass is 306 g/mol. The van der Waals surface area contributed by atoms with Crippen LogP contribution in [0.3, 0.4) is 0 Å². The third-order valence-corrected chi connectivity index (χ3v) is 2.94. The molecule has 2 aromatic carbocycles. The van der Waals surface area contributed by atoms with Gasteiger partial charge in [0.25, 0.3) is 6.47 Å². The number of benzene rings is 2. The van der Waals surface area contributed by atoms with Crippen molar-refractivity contribution >= 4 is 22.4 Å². The third kappa shape index (κ3) is 3.34. The van der Waals surface area contributed by atoms with Gasteiger partial charge in [-0.1, -0.05) is 30.3 Å². The summed E-state index contributed by atoms with van der Waals surface area (Å²) in [5, 5.41) is 0. The van der Waals surface area contributed by atoms with E-state index in [9.17, 15) is 4.79 Å². The first kappa shape index (κ1) is 12.6. The molecule has 3 nitrogen and oxygen atoms in total. The standard InChI is InChI=1S/C14H11BrO3/c15-13-8-12(18-10-16)6-7-14(13)17-9-11-4-2-1-3-5-11/h1-8,10H,9H2. The molecular formula is C14H11BrO3. The zero-order valence-corrected chi connectivity index (χ0v) is 11.1. The maximum absolute atomic E-state index is 10.2. The molecule has 0 N–H and O–H groups in total. The Labute approximate surface area is 113 Å². The minimum atomic E-state index is 0.395. The lowest BCUT2D eigenvalue weighted by Gasteiger charge is -2.09. The van der Waals surface area contributed by atoms with Crippen molar-refractivity contribution in [1.82, 2.24) is 0 Å². The normalized spacial score (nSPS) is 9.83. The Hall–Kier alpha value is -1.81. The van der Waals surface area contributed by atoms with Crippen LogP contribution in [0.2, 0.25) is 0 Å². The Balaban J connectivity index is 2.03. The predicted octanol–water partition coefficient (Wildman–Crippen LogP) is 3.56. The molecule has 0 saturated heterocycles. The molecule has 0 bridgehead atoms. The quantitative estimate of drug-likeness (QED) is 0.792. The number of rotatable bonds is 5. The van der Waals surface area contributed by atoms with E-state index in [4.69, 9.17) is 9.47 Å². The first-order valence-corrected chi connectivity index (χ1v) is 6.15. The summed E-state index contributed by atoms with van der Waals surface area (Å²) in [4.78, 5) is 10.2. The van der Waals surface area contributed by atoms with E-state index in [1.807, 2.05) is 30.3 Å². The lowest BCUT2D eigenvalue weighted by Crippen LogP contribution is -1.96. The molecule has 92 valence electrons. The summed E-state index contributed by atoms with van der Waals surface area (Å²) in [6.45, 7) is 0.888. The van der Waals surface area contributed by atoms with Gasteiger partial charge in [-0.25, -0.2) is 0 Å². The largest absolute Gasteiger partial charge is 0.488 e. The summed E-state index contributed by atoms with van der Waals surface area (Å²) in [5.74, 6) is 1.18. The molecule has 2 aromatic rings. The van der Waals surface area contributed by atoms with E-state index < -0.39 is 0 Å². The molecule has 18 heavy (non-hydrogen) atoms. The van der Waals surface area contributed by atoms with Gasteiger partial charge >= 0.3 is 0 Å². The highest BCUT2D eigenvalue weighted by atomic mass is 79.9. The van der Waals surface area contributed by atoms with Crippen LogP contribution in [0.15, 0.2) is 53.0 Å². The molecule has 2 rings (SSSR count). The SMILES string of the molecule is O=COc1ccc(OCc2ccccc2)c(Br)c1. The Bertz CT molecular complexity index is 526. The summed E-state index contributed by atoms with van der Waals surface area (Å²) < 4.78 is 11.2. The molecule has 0 atom stereocenters. The Morgan fingerprint density at radius 3 is 2.56 bits per heavy atom. The Morgan fingerprint density at radius 2 is 1.89 bits per heavy atom. The molecule has 0 aliphatic rings. The van der Waals surface area contributed by atoms with Crippen LogP contribution in [-0.4, -0.2) is 6.47 Å². The van der Waals surface area contributed by atoms with E-state index in [-0.39, 0.29) is 0 Å². The second-order valence-electron chi connectivity index (χ2n) is 3.58. The van der Waals surface area contributed by atoms with E-state index >= 15 is 0 Å². The zero-order chi connectivity index (χ0) is 12.8. The lowest BCUT2D eigenvalue weighted by atomic mass is 10.2. The molecule has 0 unspecified atom stereocenters. The van der Waals surface area contributed by atoms with Crippen molar-refractivity contribution in [1.29, 1.82) is 0 Å². The van der Waals surface area contributed by atoms with Crippen LogP contribution >= 0.6 is 15.9 Å². The number of carbonyl (C=O) groups excluding carboxylic acids is 1. The number of carbonyl (C=O) groups is 1. The summed E-state index contributed by atoms with van der Waals surface area (Å²) in [6.07, 6.45) is 0. The van der Waals surface area contributed by atoms with E-state index in [0.29, 0.717) is 24.6 Å². The highest BCUT2D eigenvalue weighted by Crippen LogP contribution is 2.29. The van der Waals surface area contributed by atoms with E-state index in [1.165, 1.54) is 0 Å². The molecule has 0 amide bonds. The van der Waals surface area contributed by atoms with Gasteiger partial charge in [-0.2, -0.15) is 0 Å². The van der Waals surface area contributed by atoms with Crippen LogP contribution in [-0.2, 0) is 11.4 Å². The fraction of sp³-hybridized carbons (Fsp3) is 0.0714. The van der Waals surface area contributed by atoms with Crippen molar-refractivity contribution in [2.75, 3.05) is 0 Å². The van der Waals surface area contributed by atoms with E-state index in [0.717, 1.165) is 10.0 Å². The summed E-state index contributed by atoms with van der Waals surface area (Å²) in [6, 6.07) is 15.0. The fourth-order valence-electron chi connectivity index (χ4n) is 1.46. The van der Waals surface area contributed by atoms with Crippen molar-refractivity contribution in [3.8, 4) is 11.5 Å². The van der Waals surface area contributed by atoms with E-state index in [1.54, 1.807) is 18.2 Å². The van der Waals surface area contributed by atoms with Gasteiger partial charge in [-0.15, -0.1) is 0 Å². The average Bonchev–Trinajstić information content (AvgIpc) is 2.39. The number of hydrogen-bond donors (Lipinski definition) is 0. The van der Waals surface area contributed by atoms with Crippen LogP contribution in [0.1, 0.15) is 5.56 Å². The van der Waals surface area contributed by atoms with Crippen molar-refractivity contribution < 1.29 is 14.3 Å². The van der Waals surface area contributed by atoms with Gasteiger partial charge in [0.05, 0.1) is 4.47 Å². The Morgan fingerprint density at radius 1 is 1.11 bits per heavy atom. The lowest BCUT2D eigenvalue weighted by molar-refractivity contribution is -0.120. The van der Waals surface area contributed by atoms with Crippen molar-refractivity contribution in [2.24, 2.45) is 0 Å². The second kappa shape index (κ2) is 6.21. The van der Waals surface area contributed by atoms with Gasteiger partial charge in [0, 0.05) is 0 Å². The van der Waals surface area contributed by atoms with E-state index in [2.05, 4.69) is 15.9 Å². The summed E-state index contributed by atoms with van der Waals surface area (Å²) >= 11 is 3.37. The molecule has 0 aromatic heterocycles. The molecule has 0 aliphatic carbocycles. The van der Waals surface area contributed by atoms with Gasteiger partial charge < -0.3 is 9.47 Å². The average molecular weight is 307 g/mol. The zero-order valence-electron chi connectivity index (χ0n) is 9.51. The second-order valence-corrected chi connectivity index (χ2v) is 4.43. The summed E-state index contributed by atoms with van der Waals surface area (Å²) in [7, 11) is 0. The van der Waals surface area contributed by atoms with Gasteiger partial charge in [0.15, 0.2) is 0 Å². The topological polar surface area (TPSA) is 35.5 Å². The molecule has 0 radical (unpaired) electrons. The molecule has 4 heteroatoms. The fourth-order valence-corrected chi connectivity index (χ4v) is 1.94. The molecule has 0 heterocycles. The third-order valence-electron chi connectivity index (χ3n) is 2.32.